The first kappa shape index (κ1) is 26.2. The SMILES string of the molecule is CN1CCN(/C(N)=C/C(=N)N2CCc3ccc(-c4ccc(C(=O)N[C@H]5CC[C@H](O)CC5)nc4)cc3C2)CC1. The molecule has 2 aliphatic heterocycles. The van der Waals surface area contributed by atoms with Gasteiger partial charge in [-0.25, -0.2) is 0 Å². The van der Waals surface area contributed by atoms with E-state index >= 15 is 0 Å². The van der Waals surface area contributed by atoms with E-state index in [9.17, 15) is 9.90 Å². The number of benzene rings is 1. The number of aliphatic hydroxyl groups excluding tert-OH is 1. The Morgan fingerprint density at radius 1 is 1.03 bits per heavy atom. The molecule has 5 N–H and O–H groups in total. The van der Waals surface area contributed by atoms with Crippen molar-refractivity contribution in [1.29, 1.82) is 5.41 Å². The Balaban J connectivity index is 1.22. The molecule has 9 nitrogen and oxygen atoms in total. The molecule has 38 heavy (non-hydrogen) atoms. The van der Waals surface area contributed by atoms with Gasteiger partial charge in [0, 0.05) is 63.1 Å². The Morgan fingerprint density at radius 3 is 2.47 bits per heavy atom. The number of nitrogens with one attached hydrogen (secondary N) is 2. The Hall–Kier alpha value is -3.43. The van der Waals surface area contributed by atoms with Crippen molar-refractivity contribution in [1.82, 2.24) is 25.0 Å². The van der Waals surface area contributed by atoms with Gasteiger partial charge in [-0.15, -0.1) is 0 Å². The first-order valence-electron chi connectivity index (χ1n) is 13.7. The van der Waals surface area contributed by atoms with Crippen LogP contribution in [0, 0.1) is 5.41 Å². The summed E-state index contributed by atoms with van der Waals surface area (Å²) >= 11 is 0. The van der Waals surface area contributed by atoms with Gasteiger partial charge in [-0.05, 0) is 68.0 Å². The van der Waals surface area contributed by atoms with Crippen molar-refractivity contribution >= 4 is 11.7 Å². The zero-order chi connectivity index (χ0) is 26.6. The summed E-state index contributed by atoms with van der Waals surface area (Å²) in [6, 6.07) is 10.3. The number of amidine groups is 1. The third-order valence-electron chi connectivity index (χ3n) is 8.07. The Bertz CT molecular complexity index is 1180. The molecular formula is C29H39N7O2. The number of fused-ring (bicyclic) bond motifs is 1. The predicted molar refractivity (Wildman–Crippen MR) is 149 cm³/mol. The molecule has 2 aromatic rings. The summed E-state index contributed by atoms with van der Waals surface area (Å²) in [5.41, 5.74) is 11.3. The van der Waals surface area contributed by atoms with Crippen molar-refractivity contribution in [2.45, 2.75) is 50.8 Å². The van der Waals surface area contributed by atoms with Gasteiger partial charge in [0.2, 0.25) is 0 Å². The van der Waals surface area contributed by atoms with Crippen LogP contribution in [0.4, 0.5) is 0 Å². The molecular weight excluding hydrogens is 478 g/mol. The van der Waals surface area contributed by atoms with Crippen LogP contribution in [0.2, 0.25) is 0 Å². The molecule has 1 aromatic heterocycles. The highest BCUT2D eigenvalue weighted by molar-refractivity contribution is 5.93. The van der Waals surface area contributed by atoms with Crippen molar-refractivity contribution in [2.75, 3.05) is 39.8 Å². The fraction of sp³-hybridized carbons (Fsp3) is 0.483. The molecule has 1 saturated heterocycles. The van der Waals surface area contributed by atoms with E-state index in [1.807, 2.05) is 6.07 Å². The number of pyridine rings is 1. The molecule has 1 aliphatic carbocycles. The van der Waals surface area contributed by atoms with Crippen LogP contribution in [0.3, 0.4) is 0 Å². The quantitative estimate of drug-likeness (QED) is 0.354. The minimum atomic E-state index is -0.244. The summed E-state index contributed by atoms with van der Waals surface area (Å²) in [6.07, 6.45) is 7.24. The third-order valence-corrected chi connectivity index (χ3v) is 8.07. The van der Waals surface area contributed by atoms with Gasteiger partial charge in [-0.2, -0.15) is 0 Å². The van der Waals surface area contributed by atoms with Crippen LogP contribution < -0.4 is 11.1 Å². The van der Waals surface area contributed by atoms with Crippen molar-refractivity contribution < 1.29 is 9.90 Å². The number of nitrogens with two attached hydrogens (primary N) is 1. The van der Waals surface area contributed by atoms with E-state index < -0.39 is 0 Å². The molecule has 0 radical (unpaired) electrons. The minimum Gasteiger partial charge on any atom is -0.393 e. The molecule has 0 unspecified atom stereocenters. The normalized spacial score (nSPS) is 22.6. The molecule has 5 rings (SSSR count). The van der Waals surface area contributed by atoms with Crippen LogP contribution >= 0.6 is 0 Å². The molecule has 3 aliphatic rings. The molecule has 1 saturated carbocycles. The van der Waals surface area contributed by atoms with Crippen LogP contribution in [0.1, 0.15) is 47.3 Å². The number of carbonyl (C=O) groups is 1. The zero-order valence-electron chi connectivity index (χ0n) is 22.2. The first-order valence-corrected chi connectivity index (χ1v) is 13.7. The molecule has 202 valence electrons. The van der Waals surface area contributed by atoms with E-state index in [-0.39, 0.29) is 18.1 Å². The summed E-state index contributed by atoms with van der Waals surface area (Å²) in [6.45, 7) is 5.19. The van der Waals surface area contributed by atoms with Crippen LogP contribution in [0.15, 0.2) is 48.4 Å². The van der Waals surface area contributed by atoms with Gasteiger partial charge < -0.3 is 30.9 Å². The predicted octanol–water partition coefficient (Wildman–Crippen LogP) is 2.16. The lowest BCUT2D eigenvalue weighted by Gasteiger charge is -2.35. The second-order valence-corrected chi connectivity index (χ2v) is 10.8. The molecule has 2 fully saturated rings. The van der Waals surface area contributed by atoms with E-state index in [2.05, 4.69) is 50.2 Å². The number of nitrogens with zero attached hydrogens (tertiary/aromatic N) is 4. The number of aliphatic hydroxyl groups is 1. The highest BCUT2D eigenvalue weighted by Crippen LogP contribution is 2.27. The van der Waals surface area contributed by atoms with Gasteiger partial charge in [-0.3, -0.25) is 15.2 Å². The second kappa shape index (κ2) is 11.5. The molecule has 0 bridgehead atoms. The largest absolute Gasteiger partial charge is 0.393 e. The Labute approximate surface area is 224 Å². The number of rotatable bonds is 5. The van der Waals surface area contributed by atoms with E-state index in [0.717, 1.165) is 76.0 Å². The van der Waals surface area contributed by atoms with Gasteiger partial charge in [-0.1, -0.05) is 18.2 Å². The number of piperazine rings is 1. The number of carbonyl (C=O) groups excluding carboxylic acids is 1. The van der Waals surface area contributed by atoms with Crippen LogP contribution in [-0.4, -0.2) is 88.5 Å². The number of aromatic nitrogens is 1. The van der Waals surface area contributed by atoms with Crippen molar-refractivity contribution in [2.24, 2.45) is 5.73 Å². The van der Waals surface area contributed by atoms with Crippen LogP contribution in [0.25, 0.3) is 11.1 Å². The number of hydrogen-bond acceptors (Lipinski definition) is 7. The van der Waals surface area contributed by atoms with Crippen LogP contribution in [0.5, 0.6) is 0 Å². The second-order valence-electron chi connectivity index (χ2n) is 10.8. The van der Waals surface area contributed by atoms with Gasteiger partial charge >= 0.3 is 0 Å². The fourth-order valence-electron chi connectivity index (χ4n) is 5.51. The van der Waals surface area contributed by atoms with E-state index in [1.165, 1.54) is 11.1 Å². The minimum absolute atomic E-state index is 0.0986. The van der Waals surface area contributed by atoms with E-state index in [1.54, 1.807) is 18.3 Å². The summed E-state index contributed by atoms with van der Waals surface area (Å²) < 4.78 is 0. The molecule has 0 atom stereocenters. The Kier molecular flexibility index (Phi) is 7.95. The lowest BCUT2D eigenvalue weighted by molar-refractivity contribution is 0.0863. The summed E-state index contributed by atoms with van der Waals surface area (Å²) in [7, 11) is 2.12. The maximum absolute atomic E-state index is 12.6. The van der Waals surface area contributed by atoms with Gasteiger partial charge in [0.15, 0.2) is 0 Å². The number of amides is 1. The summed E-state index contributed by atoms with van der Waals surface area (Å²) in [5, 5.41) is 21.4. The van der Waals surface area contributed by atoms with Crippen molar-refractivity contribution in [3.63, 3.8) is 0 Å². The average molecular weight is 518 g/mol. The average Bonchev–Trinajstić information content (AvgIpc) is 2.94. The maximum Gasteiger partial charge on any atom is 0.270 e. The molecule has 0 spiro atoms. The monoisotopic (exact) mass is 517 g/mol. The highest BCUT2D eigenvalue weighted by Gasteiger charge is 2.23. The smallest absolute Gasteiger partial charge is 0.270 e. The van der Waals surface area contributed by atoms with Crippen molar-refractivity contribution in [3.05, 3.63) is 65.2 Å². The number of likely N-dealkylation sites (N-methyl/N-ethyl adjacent to an activating group) is 1. The summed E-state index contributed by atoms with van der Waals surface area (Å²) in [5.74, 6) is 0.947. The topological polar surface area (TPSA) is 122 Å². The molecule has 1 aromatic carbocycles. The number of hydrogen-bond donors (Lipinski definition) is 4. The highest BCUT2D eigenvalue weighted by atomic mass is 16.3. The van der Waals surface area contributed by atoms with Crippen LogP contribution in [-0.2, 0) is 13.0 Å². The van der Waals surface area contributed by atoms with Crippen molar-refractivity contribution in [3.8, 4) is 11.1 Å². The third kappa shape index (κ3) is 6.16. The summed E-state index contributed by atoms with van der Waals surface area (Å²) in [4.78, 5) is 23.6. The Morgan fingerprint density at radius 2 is 1.76 bits per heavy atom. The molecule has 9 heteroatoms. The molecule has 1 amide bonds. The lowest BCUT2D eigenvalue weighted by Crippen LogP contribution is -2.46. The van der Waals surface area contributed by atoms with Gasteiger partial charge in [0.25, 0.3) is 5.91 Å². The standard InChI is InChI=1S/C29H39N7O2/c1-34-12-14-35(15-13-34)27(30)17-28(31)36-11-10-20-2-3-21(16-23(20)19-36)22-4-9-26(32-18-22)29(38)33-24-5-7-25(37)8-6-24/h2-4,9,16-18,24-25,31,37H,5-8,10-15,19,30H2,1H3,(H,33,38)/b27-17+,31-28?/t24-,25-. The zero-order valence-corrected chi connectivity index (χ0v) is 22.2. The van der Waals surface area contributed by atoms with Gasteiger partial charge in [0.1, 0.15) is 17.4 Å². The van der Waals surface area contributed by atoms with E-state index in [0.29, 0.717) is 23.9 Å². The fourth-order valence-corrected chi connectivity index (χ4v) is 5.51. The maximum atomic E-state index is 12.6. The van der Waals surface area contributed by atoms with E-state index in [4.69, 9.17) is 11.1 Å². The van der Waals surface area contributed by atoms with Gasteiger partial charge in [0.05, 0.1) is 6.10 Å². The molecule has 3 heterocycles. The first-order chi connectivity index (χ1) is 18.4. The lowest BCUT2D eigenvalue weighted by atomic mass is 9.93.